The summed E-state index contributed by atoms with van der Waals surface area (Å²) in [5, 5.41) is 12.0. The number of hydrogen-bond acceptors (Lipinski definition) is 7. The number of nitrogens with zero attached hydrogens (tertiary/aromatic N) is 2. The van der Waals surface area contributed by atoms with Crippen LogP contribution < -0.4 is 5.32 Å². The predicted octanol–water partition coefficient (Wildman–Crippen LogP) is 2.80. The highest BCUT2D eigenvalue weighted by Crippen LogP contribution is 2.26. The summed E-state index contributed by atoms with van der Waals surface area (Å²) in [5.74, 6) is 0.483. The standard InChI is InChI=1S/C11H12ClN3O2S3/c1-13-10-14-15-11(19-10)18-6-7-20(16,17)9-4-2-8(12)3-5-9/h2-5H,6-7H2,1H3,(H,13,14). The van der Waals surface area contributed by atoms with Gasteiger partial charge in [-0.15, -0.1) is 10.2 Å². The molecular formula is C11H12ClN3O2S3. The fourth-order valence-electron chi connectivity index (χ4n) is 1.37. The van der Waals surface area contributed by atoms with Gasteiger partial charge in [0.15, 0.2) is 14.2 Å². The number of thioether (sulfide) groups is 1. The minimum Gasteiger partial charge on any atom is -0.363 e. The Morgan fingerprint density at radius 3 is 2.60 bits per heavy atom. The van der Waals surface area contributed by atoms with Crippen LogP contribution in [0.4, 0.5) is 5.13 Å². The third kappa shape index (κ3) is 4.08. The highest BCUT2D eigenvalue weighted by molar-refractivity contribution is 8.02. The summed E-state index contributed by atoms with van der Waals surface area (Å²) in [5.41, 5.74) is 0. The average Bonchev–Trinajstić information content (AvgIpc) is 2.87. The first-order chi connectivity index (χ1) is 9.51. The minimum absolute atomic E-state index is 0.0494. The van der Waals surface area contributed by atoms with Gasteiger partial charge < -0.3 is 5.32 Å². The van der Waals surface area contributed by atoms with E-state index in [0.717, 1.165) is 4.34 Å². The van der Waals surface area contributed by atoms with Crippen molar-refractivity contribution in [1.29, 1.82) is 0 Å². The first-order valence-electron chi connectivity index (χ1n) is 5.63. The summed E-state index contributed by atoms with van der Waals surface area (Å²) >= 11 is 8.52. The van der Waals surface area contributed by atoms with Gasteiger partial charge >= 0.3 is 0 Å². The van der Waals surface area contributed by atoms with Crippen LogP contribution in [-0.4, -0.2) is 37.2 Å². The molecule has 0 bridgehead atoms. The van der Waals surface area contributed by atoms with E-state index in [1.165, 1.54) is 35.2 Å². The zero-order valence-electron chi connectivity index (χ0n) is 10.5. The molecule has 0 unspecified atom stereocenters. The first kappa shape index (κ1) is 15.6. The lowest BCUT2D eigenvalue weighted by Gasteiger charge is -2.03. The summed E-state index contributed by atoms with van der Waals surface area (Å²) < 4.78 is 24.9. The zero-order valence-corrected chi connectivity index (χ0v) is 13.7. The van der Waals surface area contributed by atoms with Crippen molar-refractivity contribution >= 4 is 49.7 Å². The van der Waals surface area contributed by atoms with Crippen LogP contribution in [0.3, 0.4) is 0 Å². The van der Waals surface area contributed by atoms with Crippen LogP contribution in [0.15, 0.2) is 33.5 Å². The molecule has 0 aliphatic heterocycles. The molecular weight excluding hydrogens is 338 g/mol. The van der Waals surface area contributed by atoms with Gasteiger partial charge in [-0.3, -0.25) is 0 Å². The maximum absolute atomic E-state index is 12.1. The molecule has 1 aromatic heterocycles. The Bertz CT molecular complexity index is 670. The van der Waals surface area contributed by atoms with E-state index in [9.17, 15) is 8.42 Å². The van der Waals surface area contributed by atoms with Crippen LogP contribution in [-0.2, 0) is 9.84 Å². The van der Waals surface area contributed by atoms with Crippen LogP contribution >= 0.6 is 34.7 Å². The molecule has 5 nitrogen and oxygen atoms in total. The molecule has 0 fully saturated rings. The van der Waals surface area contributed by atoms with Crippen LogP contribution in [0.25, 0.3) is 0 Å². The van der Waals surface area contributed by atoms with Crippen molar-refractivity contribution in [3.63, 3.8) is 0 Å². The van der Waals surface area contributed by atoms with E-state index in [0.29, 0.717) is 15.9 Å². The van der Waals surface area contributed by atoms with Crippen molar-refractivity contribution in [3.8, 4) is 0 Å². The predicted molar refractivity (Wildman–Crippen MR) is 83.7 cm³/mol. The molecule has 0 spiro atoms. The highest BCUT2D eigenvalue weighted by Gasteiger charge is 2.15. The van der Waals surface area contributed by atoms with Gasteiger partial charge in [0.2, 0.25) is 5.13 Å². The number of rotatable bonds is 6. The number of halogens is 1. The number of benzene rings is 1. The Kier molecular flexibility index (Phi) is 5.25. The van der Waals surface area contributed by atoms with Crippen LogP contribution in [0, 0.1) is 0 Å². The van der Waals surface area contributed by atoms with Gasteiger partial charge in [0.25, 0.3) is 0 Å². The first-order valence-corrected chi connectivity index (χ1v) is 9.47. The molecule has 0 aliphatic carbocycles. The molecule has 0 amide bonds. The maximum Gasteiger partial charge on any atom is 0.206 e. The lowest BCUT2D eigenvalue weighted by Crippen LogP contribution is -2.08. The van der Waals surface area contributed by atoms with Gasteiger partial charge in [-0.25, -0.2) is 8.42 Å². The summed E-state index contributed by atoms with van der Waals surface area (Å²) in [6, 6.07) is 6.19. The largest absolute Gasteiger partial charge is 0.363 e. The molecule has 1 N–H and O–H groups in total. The topological polar surface area (TPSA) is 72.0 Å². The second-order valence-electron chi connectivity index (χ2n) is 3.74. The molecule has 1 heterocycles. The van der Waals surface area contributed by atoms with E-state index >= 15 is 0 Å². The second-order valence-corrected chi connectivity index (χ2v) is 8.61. The Balaban J connectivity index is 1.94. The molecule has 0 saturated heterocycles. The van der Waals surface area contributed by atoms with Crippen molar-refractivity contribution in [2.75, 3.05) is 23.9 Å². The smallest absolute Gasteiger partial charge is 0.206 e. The third-order valence-electron chi connectivity index (χ3n) is 2.37. The summed E-state index contributed by atoms with van der Waals surface area (Å²) in [7, 11) is -1.52. The van der Waals surface area contributed by atoms with Gasteiger partial charge in [0.1, 0.15) is 0 Å². The van der Waals surface area contributed by atoms with E-state index in [2.05, 4.69) is 15.5 Å². The average molecular weight is 350 g/mol. The van der Waals surface area contributed by atoms with E-state index in [1.807, 2.05) is 0 Å². The SMILES string of the molecule is CNc1nnc(SCCS(=O)(=O)c2ccc(Cl)cc2)s1. The van der Waals surface area contributed by atoms with Gasteiger partial charge in [0.05, 0.1) is 10.6 Å². The quantitative estimate of drug-likeness (QED) is 0.808. The molecule has 0 saturated carbocycles. The molecule has 0 atom stereocenters. The molecule has 1 aromatic carbocycles. The maximum atomic E-state index is 12.1. The van der Waals surface area contributed by atoms with Crippen molar-refractivity contribution < 1.29 is 8.42 Å². The van der Waals surface area contributed by atoms with Gasteiger partial charge in [-0.05, 0) is 24.3 Å². The lowest BCUT2D eigenvalue weighted by molar-refractivity contribution is 0.597. The van der Waals surface area contributed by atoms with Crippen molar-refractivity contribution in [1.82, 2.24) is 10.2 Å². The number of nitrogens with one attached hydrogen (secondary N) is 1. The minimum atomic E-state index is -3.28. The van der Waals surface area contributed by atoms with Crippen LogP contribution in [0.2, 0.25) is 5.02 Å². The fourth-order valence-corrected chi connectivity index (χ4v) is 4.92. The second kappa shape index (κ2) is 6.75. The number of hydrogen-bond donors (Lipinski definition) is 1. The molecule has 2 aromatic rings. The highest BCUT2D eigenvalue weighted by atomic mass is 35.5. The number of sulfone groups is 1. The molecule has 20 heavy (non-hydrogen) atoms. The Morgan fingerprint density at radius 2 is 2.00 bits per heavy atom. The Hall–Kier alpha value is -0.830. The van der Waals surface area contributed by atoms with E-state index in [-0.39, 0.29) is 10.6 Å². The lowest BCUT2D eigenvalue weighted by atomic mass is 10.4. The molecule has 0 aliphatic rings. The van der Waals surface area contributed by atoms with E-state index < -0.39 is 9.84 Å². The van der Waals surface area contributed by atoms with E-state index in [1.54, 1.807) is 19.2 Å². The molecule has 9 heteroatoms. The molecule has 108 valence electrons. The van der Waals surface area contributed by atoms with Crippen molar-refractivity contribution in [3.05, 3.63) is 29.3 Å². The summed E-state index contributed by atoms with van der Waals surface area (Å²) in [6.45, 7) is 0. The Labute approximate surface area is 130 Å². The van der Waals surface area contributed by atoms with E-state index in [4.69, 9.17) is 11.6 Å². The third-order valence-corrected chi connectivity index (χ3v) is 6.69. The van der Waals surface area contributed by atoms with Crippen molar-refractivity contribution in [2.45, 2.75) is 9.24 Å². The zero-order chi connectivity index (χ0) is 14.6. The number of aromatic nitrogens is 2. The Morgan fingerprint density at radius 1 is 1.30 bits per heavy atom. The van der Waals surface area contributed by atoms with Crippen LogP contribution in [0.1, 0.15) is 0 Å². The summed E-state index contributed by atoms with van der Waals surface area (Å²) in [4.78, 5) is 0.288. The molecule has 0 radical (unpaired) electrons. The number of anilines is 1. The fraction of sp³-hybridized carbons (Fsp3) is 0.273. The molecule has 2 rings (SSSR count). The van der Waals surface area contributed by atoms with Gasteiger partial charge in [-0.2, -0.15) is 0 Å². The summed E-state index contributed by atoms with van der Waals surface area (Å²) in [6.07, 6.45) is 0. The normalized spacial score (nSPS) is 11.5. The van der Waals surface area contributed by atoms with Gasteiger partial charge in [-0.1, -0.05) is 34.7 Å². The van der Waals surface area contributed by atoms with Gasteiger partial charge in [0, 0.05) is 17.8 Å². The monoisotopic (exact) mass is 349 g/mol. The van der Waals surface area contributed by atoms with Crippen molar-refractivity contribution in [2.24, 2.45) is 0 Å². The van der Waals surface area contributed by atoms with Crippen LogP contribution in [0.5, 0.6) is 0 Å².